The molecule has 0 radical (unpaired) electrons. The minimum atomic E-state index is -0.773. The number of carboxylic acids is 1. The van der Waals surface area contributed by atoms with E-state index in [1.54, 1.807) is 0 Å². The third-order valence-electron chi connectivity index (χ3n) is 4.19. The van der Waals surface area contributed by atoms with Gasteiger partial charge in [0.25, 0.3) is 0 Å². The maximum absolute atomic E-state index is 12.6. The first kappa shape index (κ1) is 16.2. The van der Waals surface area contributed by atoms with Gasteiger partial charge in [-0.15, -0.1) is 0 Å². The summed E-state index contributed by atoms with van der Waals surface area (Å²) >= 11 is 0. The number of hydrogen-bond donors (Lipinski definition) is 2. The molecule has 2 heterocycles. The molecule has 7 heteroatoms. The third-order valence-corrected chi connectivity index (χ3v) is 4.19. The van der Waals surface area contributed by atoms with Gasteiger partial charge < -0.3 is 20.1 Å². The number of likely N-dealkylation sites (N-methyl/N-ethyl adjacent to an activating group) is 1. The maximum atomic E-state index is 12.6. The van der Waals surface area contributed by atoms with Gasteiger partial charge in [-0.1, -0.05) is 6.92 Å². The average molecular weight is 299 g/mol. The lowest BCUT2D eigenvalue weighted by atomic mass is 10.0. The van der Waals surface area contributed by atoms with Crippen LogP contribution in [0, 0.1) is 5.92 Å². The van der Waals surface area contributed by atoms with Crippen LogP contribution >= 0.6 is 0 Å². The molecule has 2 fully saturated rings. The van der Waals surface area contributed by atoms with E-state index < -0.39 is 5.97 Å². The Morgan fingerprint density at radius 3 is 2.57 bits per heavy atom. The van der Waals surface area contributed by atoms with Crippen LogP contribution < -0.4 is 5.32 Å². The molecule has 2 atom stereocenters. The Hall–Kier alpha value is -1.18. The fraction of sp³-hybridized carbons (Fsp3) is 0.857. The number of carboxylic acid groups (broad SMARTS) is 1. The van der Waals surface area contributed by atoms with Crippen molar-refractivity contribution in [2.24, 2.45) is 5.92 Å². The molecule has 2 saturated heterocycles. The fourth-order valence-corrected chi connectivity index (χ4v) is 2.94. The van der Waals surface area contributed by atoms with Crippen molar-refractivity contribution in [1.29, 1.82) is 0 Å². The van der Waals surface area contributed by atoms with E-state index in [1.165, 1.54) is 0 Å². The number of piperazine rings is 1. The van der Waals surface area contributed by atoms with E-state index in [4.69, 9.17) is 9.84 Å². The minimum Gasteiger partial charge on any atom is -0.481 e. The number of carbonyl (C=O) groups excluding carboxylic acids is 1. The van der Waals surface area contributed by atoms with E-state index >= 15 is 0 Å². The second kappa shape index (κ2) is 7.72. The zero-order valence-corrected chi connectivity index (χ0v) is 12.6. The molecule has 120 valence electrons. The molecule has 2 unspecified atom stereocenters. The van der Waals surface area contributed by atoms with Gasteiger partial charge in [0.15, 0.2) is 0 Å². The van der Waals surface area contributed by atoms with E-state index in [0.29, 0.717) is 32.8 Å². The van der Waals surface area contributed by atoms with Crippen LogP contribution in [0.5, 0.6) is 0 Å². The summed E-state index contributed by atoms with van der Waals surface area (Å²) in [6, 6.07) is 0.118. The normalized spacial score (nSPS) is 27.0. The summed E-state index contributed by atoms with van der Waals surface area (Å²) in [5.74, 6) is -0.697. The summed E-state index contributed by atoms with van der Waals surface area (Å²) in [7, 11) is 0. The van der Waals surface area contributed by atoms with Crippen molar-refractivity contribution in [2.45, 2.75) is 19.4 Å². The smallest absolute Gasteiger partial charge is 0.304 e. The molecule has 2 N–H and O–H groups in total. The molecule has 7 nitrogen and oxygen atoms in total. The van der Waals surface area contributed by atoms with Crippen molar-refractivity contribution in [1.82, 2.24) is 15.1 Å². The first-order valence-electron chi connectivity index (χ1n) is 7.66. The molecule has 0 saturated carbocycles. The van der Waals surface area contributed by atoms with Gasteiger partial charge in [0.05, 0.1) is 25.6 Å². The Morgan fingerprint density at radius 1 is 1.24 bits per heavy atom. The molecule has 2 aliphatic heterocycles. The standard InChI is InChI=1S/C14H25N3O4/c1-2-15-12-10-21-9-11(12)14(20)17-7-5-16(6-8-17)4-3-13(18)19/h11-12,15H,2-10H2,1H3,(H,18,19). The molecular formula is C14H25N3O4. The Balaban J connectivity index is 1.78. The topological polar surface area (TPSA) is 82.1 Å². The van der Waals surface area contributed by atoms with Crippen molar-refractivity contribution in [3.05, 3.63) is 0 Å². The van der Waals surface area contributed by atoms with Gasteiger partial charge in [0, 0.05) is 38.8 Å². The van der Waals surface area contributed by atoms with Crippen LogP contribution in [0.3, 0.4) is 0 Å². The highest BCUT2D eigenvalue weighted by molar-refractivity contribution is 5.80. The van der Waals surface area contributed by atoms with Crippen molar-refractivity contribution in [3.8, 4) is 0 Å². The number of nitrogens with zero attached hydrogens (tertiary/aromatic N) is 2. The monoisotopic (exact) mass is 299 g/mol. The lowest BCUT2D eigenvalue weighted by Crippen LogP contribution is -2.53. The molecule has 0 aromatic carbocycles. The average Bonchev–Trinajstić information content (AvgIpc) is 2.93. The van der Waals surface area contributed by atoms with E-state index in [1.807, 2.05) is 11.8 Å². The third kappa shape index (κ3) is 4.39. The van der Waals surface area contributed by atoms with E-state index in [9.17, 15) is 9.59 Å². The molecule has 0 aromatic heterocycles. The van der Waals surface area contributed by atoms with Crippen molar-refractivity contribution in [2.75, 3.05) is 52.5 Å². The lowest BCUT2D eigenvalue weighted by Gasteiger charge is -2.36. The highest BCUT2D eigenvalue weighted by Crippen LogP contribution is 2.18. The Morgan fingerprint density at radius 2 is 1.95 bits per heavy atom. The first-order chi connectivity index (χ1) is 10.1. The predicted molar refractivity (Wildman–Crippen MR) is 77.0 cm³/mol. The Labute approximate surface area is 125 Å². The SMILES string of the molecule is CCNC1COCC1C(=O)N1CCN(CCC(=O)O)CC1. The van der Waals surface area contributed by atoms with Crippen LogP contribution in [0.4, 0.5) is 0 Å². The van der Waals surface area contributed by atoms with Crippen LogP contribution in [0.15, 0.2) is 0 Å². The molecular weight excluding hydrogens is 274 g/mol. The lowest BCUT2D eigenvalue weighted by molar-refractivity contribution is -0.140. The molecule has 21 heavy (non-hydrogen) atoms. The van der Waals surface area contributed by atoms with Gasteiger partial charge in [-0.05, 0) is 6.54 Å². The van der Waals surface area contributed by atoms with Crippen molar-refractivity contribution in [3.63, 3.8) is 0 Å². The summed E-state index contributed by atoms with van der Waals surface area (Å²) < 4.78 is 5.43. The Bertz CT molecular complexity index is 369. The number of aliphatic carboxylic acids is 1. The maximum Gasteiger partial charge on any atom is 0.304 e. The number of nitrogens with one attached hydrogen (secondary N) is 1. The highest BCUT2D eigenvalue weighted by atomic mass is 16.5. The van der Waals surface area contributed by atoms with Crippen molar-refractivity contribution >= 4 is 11.9 Å². The van der Waals surface area contributed by atoms with Crippen LogP contribution in [0.25, 0.3) is 0 Å². The van der Waals surface area contributed by atoms with E-state index in [0.717, 1.165) is 19.6 Å². The van der Waals surface area contributed by atoms with Gasteiger partial charge in [0.2, 0.25) is 5.91 Å². The highest BCUT2D eigenvalue weighted by Gasteiger charge is 2.36. The molecule has 2 rings (SSSR count). The summed E-state index contributed by atoms with van der Waals surface area (Å²) in [4.78, 5) is 27.1. The van der Waals surface area contributed by atoms with Crippen LogP contribution in [0.2, 0.25) is 0 Å². The number of hydrogen-bond acceptors (Lipinski definition) is 5. The fourth-order valence-electron chi connectivity index (χ4n) is 2.94. The summed E-state index contributed by atoms with van der Waals surface area (Å²) in [6.45, 7) is 7.36. The number of ether oxygens (including phenoxy) is 1. The zero-order chi connectivity index (χ0) is 15.2. The van der Waals surface area contributed by atoms with Gasteiger partial charge in [-0.3, -0.25) is 14.5 Å². The van der Waals surface area contributed by atoms with Gasteiger partial charge in [-0.2, -0.15) is 0 Å². The quantitative estimate of drug-likeness (QED) is 0.670. The van der Waals surface area contributed by atoms with Gasteiger partial charge >= 0.3 is 5.97 Å². The second-order valence-corrected chi connectivity index (χ2v) is 5.62. The van der Waals surface area contributed by atoms with Crippen LogP contribution in [-0.4, -0.2) is 85.3 Å². The molecule has 1 amide bonds. The van der Waals surface area contributed by atoms with Gasteiger partial charge in [-0.25, -0.2) is 0 Å². The molecule has 2 aliphatic rings. The minimum absolute atomic E-state index is 0.0875. The molecule has 0 aliphatic carbocycles. The van der Waals surface area contributed by atoms with Crippen LogP contribution in [-0.2, 0) is 14.3 Å². The summed E-state index contributed by atoms with van der Waals surface area (Å²) in [5, 5.41) is 12.0. The summed E-state index contributed by atoms with van der Waals surface area (Å²) in [6.07, 6.45) is 0.160. The molecule has 0 bridgehead atoms. The van der Waals surface area contributed by atoms with E-state index in [-0.39, 0.29) is 24.3 Å². The number of rotatable bonds is 6. The zero-order valence-electron chi connectivity index (χ0n) is 12.6. The summed E-state index contributed by atoms with van der Waals surface area (Å²) in [5.41, 5.74) is 0. The number of amides is 1. The largest absolute Gasteiger partial charge is 0.481 e. The molecule has 0 aromatic rings. The second-order valence-electron chi connectivity index (χ2n) is 5.62. The predicted octanol–water partition coefficient (Wildman–Crippen LogP) is -0.770. The van der Waals surface area contributed by atoms with E-state index in [2.05, 4.69) is 10.2 Å². The van der Waals surface area contributed by atoms with Crippen LogP contribution in [0.1, 0.15) is 13.3 Å². The van der Waals surface area contributed by atoms with Gasteiger partial charge in [0.1, 0.15) is 0 Å². The first-order valence-corrected chi connectivity index (χ1v) is 7.66. The number of carbonyl (C=O) groups is 2. The molecule has 0 spiro atoms. The Kier molecular flexibility index (Phi) is 5.96. The van der Waals surface area contributed by atoms with Crippen molar-refractivity contribution < 1.29 is 19.4 Å².